The Hall–Kier alpha value is -0.610. The fraction of sp³-hybridized carbons (Fsp3) is 0.889. The highest BCUT2D eigenvalue weighted by molar-refractivity contribution is 5.66. The lowest BCUT2D eigenvalue weighted by Crippen LogP contribution is -2.47. The summed E-state index contributed by atoms with van der Waals surface area (Å²) < 4.78 is 5.44. The van der Waals surface area contributed by atoms with E-state index in [-0.39, 0.29) is 12.5 Å². The molecule has 1 heterocycles. The van der Waals surface area contributed by atoms with E-state index in [2.05, 4.69) is 11.8 Å². The first kappa shape index (κ1) is 10.5. The van der Waals surface area contributed by atoms with Gasteiger partial charge >= 0.3 is 5.97 Å². The molecule has 4 nitrogen and oxygen atoms in total. The van der Waals surface area contributed by atoms with Gasteiger partial charge in [-0.1, -0.05) is 0 Å². The molecule has 4 heteroatoms. The molecule has 2 unspecified atom stereocenters. The van der Waals surface area contributed by atoms with Crippen LogP contribution in [0.15, 0.2) is 0 Å². The molecule has 1 aliphatic rings. The summed E-state index contributed by atoms with van der Waals surface area (Å²) in [7, 11) is 0. The SMILES string of the molecule is CC1CN(CCC(=O)O)C(C)CO1. The highest BCUT2D eigenvalue weighted by atomic mass is 16.5. The number of ether oxygens (including phenoxy) is 1. The zero-order valence-electron chi connectivity index (χ0n) is 8.19. The van der Waals surface area contributed by atoms with Crippen molar-refractivity contribution in [2.24, 2.45) is 0 Å². The summed E-state index contributed by atoms with van der Waals surface area (Å²) in [6, 6.07) is 0.343. The Labute approximate surface area is 78.5 Å². The van der Waals surface area contributed by atoms with Gasteiger partial charge in [0.2, 0.25) is 0 Å². The van der Waals surface area contributed by atoms with Crippen molar-refractivity contribution in [2.75, 3.05) is 19.7 Å². The van der Waals surface area contributed by atoms with Crippen LogP contribution in [0.3, 0.4) is 0 Å². The monoisotopic (exact) mass is 187 g/mol. The molecule has 0 aliphatic carbocycles. The standard InChI is InChI=1S/C9H17NO3/c1-7-6-13-8(2)5-10(7)4-3-9(11)12/h7-8H,3-6H2,1-2H3,(H,11,12). The number of rotatable bonds is 3. The minimum Gasteiger partial charge on any atom is -0.481 e. The number of hydrogen-bond acceptors (Lipinski definition) is 3. The molecule has 0 amide bonds. The Morgan fingerprint density at radius 3 is 2.92 bits per heavy atom. The molecule has 2 atom stereocenters. The number of carboxylic acids is 1. The number of nitrogens with zero attached hydrogens (tertiary/aromatic N) is 1. The van der Waals surface area contributed by atoms with Gasteiger partial charge in [0.25, 0.3) is 0 Å². The Morgan fingerprint density at radius 1 is 1.62 bits per heavy atom. The van der Waals surface area contributed by atoms with Gasteiger partial charge in [0.15, 0.2) is 0 Å². The van der Waals surface area contributed by atoms with Gasteiger partial charge in [-0.05, 0) is 13.8 Å². The van der Waals surface area contributed by atoms with Gasteiger partial charge in [0, 0.05) is 19.1 Å². The van der Waals surface area contributed by atoms with Gasteiger partial charge < -0.3 is 9.84 Å². The summed E-state index contributed by atoms with van der Waals surface area (Å²) in [4.78, 5) is 12.5. The van der Waals surface area contributed by atoms with Crippen LogP contribution in [0.4, 0.5) is 0 Å². The second-order valence-corrected chi connectivity index (χ2v) is 3.63. The van der Waals surface area contributed by atoms with Crippen molar-refractivity contribution in [3.8, 4) is 0 Å². The Morgan fingerprint density at radius 2 is 2.31 bits per heavy atom. The maximum Gasteiger partial charge on any atom is 0.304 e. The quantitative estimate of drug-likeness (QED) is 0.701. The summed E-state index contributed by atoms with van der Waals surface area (Å²) in [5, 5.41) is 8.54. The van der Waals surface area contributed by atoms with Crippen molar-refractivity contribution in [1.82, 2.24) is 4.90 Å². The molecule has 13 heavy (non-hydrogen) atoms. The van der Waals surface area contributed by atoms with E-state index in [1.807, 2.05) is 6.92 Å². The highest BCUT2D eigenvalue weighted by Crippen LogP contribution is 2.11. The maximum atomic E-state index is 10.4. The number of carbonyl (C=O) groups is 1. The van der Waals surface area contributed by atoms with Crippen LogP contribution in [0, 0.1) is 0 Å². The number of carboxylic acid groups (broad SMARTS) is 1. The van der Waals surface area contributed by atoms with E-state index in [4.69, 9.17) is 9.84 Å². The third kappa shape index (κ3) is 3.32. The van der Waals surface area contributed by atoms with Gasteiger partial charge in [-0.25, -0.2) is 0 Å². The van der Waals surface area contributed by atoms with Gasteiger partial charge in [-0.15, -0.1) is 0 Å². The number of aliphatic carboxylic acids is 1. The molecular formula is C9H17NO3. The summed E-state index contributed by atoms with van der Waals surface area (Å²) in [5.41, 5.74) is 0. The second kappa shape index (κ2) is 4.58. The van der Waals surface area contributed by atoms with E-state index < -0.39 is 5.97 Å². The van der Waals surface area contributed by atoms with Crippen LogP contribution in [0.1, 0.15) is 20.3 Å². The lowest BCUT2D eigenvalue weighted by molar-refractivity contribution is -0.138. The van der Waals surface area contributed by atoms with E-state index in [0.717, 1.165) is 6.54 Å². The molecule has 1 fully saturated rings. The van der Waals surface area contributed by atoms with E-state index in [0.29, 0.717) is 19.2 Å². The summed E-state index contributed by atoms with van der Waals surface area (Å²) in [6.07, 6.45) is 0.446. The molecule has 0 aromatic rings. The van der Waals surface area contributed by atoms with Gasteiger partial charge in [0.05, 0.1) is 19.1 Å². The zero-order chi connectivity index (χ0) is 9.84. The zero-order valence-corrected chi connectivity index (χ0v) is 8.19. The van der Waals surface area contributed by atoms with E-state index in [1.54, 1.807) is 0 Å². The summed E-state index contributed by atoms with van der Waals surface area (Å²) in [5.74, 6) is -0.730. The van der Waals surface area contributed by atoms with Gasteiger partial charge in [0.1, 0.15) is 0 Å². The molecule has 0 saturated carbocycles. The Bertz CT molecular complexity index is 184. The van der Waals surface area contributed by atoms with E-state index in [1.165, 1.54) is 0 Å². The molecule has 1 N–H and O–H groups in total. The Kier molecular flexibility index (Phi) is 3.69. The van der Waals surface area contributed by atoms with E-state index >= 15 is 0 Å². The highest BCUT2D eigenvalue weighted by Gasteiger charge is 2.23. The normalized spacial score (nSPS) is 30.3. The topological polar surface area (TPSA) is 49.8 Å². The first-order chi connectivity index (χ1) is 6.09. The molecule has 1 aliphatic heterocycles. The first-order valence-electron chi connectivity index (χ1n) is 4.67. The lowest BCUT2D eigenvalue weighted by Gasteiger charge is -2.36. The van der Waals surface area contributed by atoms with Crippen LogP contribution in [0.2, 0.25) is 0 Å². The van der Waals surface area contributed by atoms with Gasteiger partial charge in [-0.2, -0.15) is 0 Å². The molecule has 0 aromatic heterocycles. The summed E-state index contributed by atoms with van der Waals surface area (Å²) >= 11 is 0. The van der Waals surface area contributed by atoms with Crippen molar-refractivity contribution in [2.45, 2.75) is 32.4 Å². The van der Waals surface area contributed by atoms with Crippen molar-refractivity contribution in [3.63, 3.8) is 0 Å². The molecule has 0 bridgehead atoms. The number of morpholine rings is 1. The fourth-order valence-electron chi connectivity index (χ4n) is 1.52. The minimum absolute atomic E-state index is 0.219. The molecule has 76 valence electrons. The molecular weight excluding hydrogens is 170 g/mol. The minimum atomic E-state index is -0.730. The third-order valence-electron chi connectivity index (χ3n) is 2.35. The molecule has 0 radical (unpaired) electrons. The smallest absolute Gasteiger partial charge is 0.304 e. The molecule has 1 saturated heterocycles. The van der Waals surface area contributed by atoms with E-state index in [9.17, 15) is 4.79 Å². The predicted octanol–water partition coefficient (Wildman–Crippen LogP) is 0.570. The fourth-order valence-corrected chi connectivity index (χ4v) is 1.52. The average molecular weight is 187 g/mol. The maximum absolute atomic E-state index is 10.4. The Balaban J connectivity index is 2.33. The van der Waals surface area contributed by atoms with Crippen LogP contribution < -0.4 is 0 Å². The van der Waals surface area contributed by atoms with Crippen LogP contribution >= 0.6 is 0 Å². The second-order valence-electron chi connectivity index (χ2n) is 3.63. The molecule has 0 aromatic carbocycles. The number of hydrogen-bond donors (Lipinski definition) is 1. The van der Waals surface area contributed by atoms with Crippen LogP contribution in [0.5, 0.6) is 0 Å². The van der Waals surface area contributed by atoms with Crippen molar-refractivity contribution < 1.29 is 14.6 Å². The largest absolute Gasteiger partial charge is 0.481 e. The summed E-state index contributed by atoms with van der Waals surface area (Å²) in [6.45, 7) is 6.26. The predicted molar refractivity (Wildman–Crippen MR) is 48.7 cm³/mol. The van der Waals surface area contributed by atoms with Crippen LogP contribution in [-0.4, -0.2) is 47.8 Å². The third-order valence-corrected chi connectivity index (χ3v) is 2.35. The first-order valence-corrected chi connectivity index (χ1v) is 4.67. The molecule has 1 rings (SSSR count). The van der Waals surface area contributed by atoms with Crippen LogP contribution in [0.25, 0.3) is 0 Å². The van der Waals surface area contributed by atoms with Crippen molar-refractivity contribution >= 4 is 5.97 Å². The van der Waals surface area contributed by atoms with Crippen molar-refractivity contribution in [3.05, 3.63) is 0 Å². The average Bonchev–Trinajstić information content (AvgIpc) is 2.06. The van der Waals surface area contributed by atoms with Gasteiger partial charge in [-0.3, -0.25) is 9.69 Å². The van der Waals surface area contributed by atoms with Crippen molar-refractivity contribution in [1.29, 1.82) is 0 Å². The lowest BCUT2D eigenvalue weighted by atomic mass is 10.2. The molecule has 0 spiro atoms. The van der Waals surface area contributed by atoms with Crippen LogP contribution in [-0.2, 0) is 9.53 Å².